The first-order valence-electron chi connectivity index (χ1n) is 7.75. The molecule has 1 aromatic heterocycles. The maximum absolute atomic E-state index is 9.19. The first kappa shape index (κ1) is 16.7. The molecule has 1 heterocycles. The molecule has 5 nitrogen and oxygen atoms in total. The molecule has 0 aliphatic heterocycles. The van der Waals surface area contributed by atoms with E-state index in [0.29, 0.717) is 34.6 Å². The van der Waals surface area contributed by atoms with Crippen LogP contribution >= 0.6 is 11.6 Å². The zero-order chi connectivity index (χ0) is 17.6. The van der Waals surface area contributed by atoms with Gasteiger partial charge < -0.3 is 10.6 Å². The van der Waals surface area contributed by atoms with Crippen molar-refractivity contribution in [2.45, 2.75) is 13.5 Å². The molecule has 0 atom stereocenters. The highest BCUT2D eigenvalue weighted by Crippen LogP contribution is 2.20. The molecule has 2 aromatic carbocycles. The number of nitrogens with one attached hydrogen (secondary N) is 2. The van der Waals surface area contributed by atoms with Gasteiger partial charge in [-0.15, -0.1) is 0 Å². The predicted molar refractivity (Wildman–Crippen MR) is 100.0 cm³/mol. The molecular weight excluding hydrogens is 334 g/mol. The Morgan fingerprint density at radius 3 is 2.64 bits per heavy atom. The van der Waals surface area contributed by atoms with Gasteiger partial charge in [-0.05, 0) is 30.7 Å². The van der Waals surface area contributed by atoms with E-state index in [4.69, 9.17) is 11.6 Å². The van der Waals surface area contributed by atoms with Crippen molar-refractivity contribution in [3.63, 3.8) is 0 Å². The van der Waals surface area contributed by atoms with Crippen molar-refractivity contribution in [2.75, 3.05) is 10.6 Å². The summed E-state index contributed by atoms with van der Waals surface area (Å²) in [4.78, 5) is 8.84. The van der Waals surface area contributed by atoms with Crippen LogP contribution in [-0.4, -0.2) is 9.97 Å². The van der Waals surface area contributed by atoms with Crippen LogP contribution < -0.4 is 10.6 Å². The fourth-order valence-corrected chi connectivity index (χ4v) is 2.56. The lowest BCUT2D eigenvalue weighted by molar-refractivity contribution is 1.06. The number of halogens is 1. The van der Waals surface area contributed by atoms with E-state index in [9.17, 15) is 5.26 Å². The average Bonchev–Trinajstić information content (AvgIpc) is 2.61. The Bertz CT molecular complexity index is 933. The molecule has 0 saturated heterocycles. The Morgan fingerprint density at radius 1 is 1.08 bits per heavy atom. The normalized spacial score (nSPS) is 10.1. The molecule has 25 heavy (non-hydrogen) atoms. The summed E-state index contributed by atoms with van der Waals surface area (Å²) in [6, 6.07) is 18.9. The molecule has 0 unspecified atom stereocenters. The highest BCUT2D eigenvalue weighted by Gasteiger charge is 2.06. The van der Waals surface area contributed by atoms with E-state index in [1.165, 1.54) is 0 Å². The number of anilines is 3. The molecule has 0 spiro atoms. The SMILES string of the molecule is Cc1cc(NCc2ccccc2Cl)nc(Nc2ccccc2C#N)n1. The summed E-state index contributed by atoms with van der Waals surface area (Å²) in [6.45, 7) is 2.45. The molecule has 0 fully saturated rings. The fraction of sp³-hybridized carbons (Fsp3) is 0.105. The molecule has 3 rings (SSSR count). The monoisotopic (exact) mass is 349 g/mol. The van der Waals surface area contributed by atoms with E-state index >= 15 is 0 Å². The second kappa shape index (κ2) is 7.65. The highest BCUT2D eigenvalue weighted by atomic mass is 35.5. The van der Waals surface area contributed by atoms with Crippen LogP contribution in [0.2, 0.25) is 5.02 Å². The Balaban J connectivity index is 1.79. The van der Waals surface area contributed by atoms with Crippen LogP contribution in [0.3, 0.4) is 0 Å². The second-order valence-corrected chi connectivity index (χ2v) is 5.85. The number of para-hydroxylation sites is 1. The van der Waals surface area contributed by atoms with Crippen LogP contribution in [0, 0.1) is 18.3 Å². The van der Waals surface area contributed by atoms with Gasteiger partial charge in [0.15, 0.2) is 0 Å². The minimum absolute atomic E-state index is 0.435. The molecule has 0 amide bonds. The largest absolute Gasteiger partial charge is 0.366 e. The van der Waals surface area contributed by atoms with Crippen molar-refractivity contribution >= 4 is 29.1 Å². The summed E-state index contributed by atoms with van der Waals surface area (Å²) in [5.74, 6) is 1.12. The van der Waals surface area contributed by atoms with Gasteiger partial charge in [0, 0.05) is 23.3 Å². The van der Waals surface area contributed by atoms with E-state index in [-0.39, 0.29) is 0 Å². The minimum Gasteiger partial charge on any atom is -0.366 e. The molecular formula is C19H16ClN5. The van der Waals surface area contributed by atoms with Crippen LogP contribution in [0.25, 0.3) is 0 Å². The van der Waals surface area contributed by atoms with Gasteiger partial charge in [0.25, 0.3) is 0 Å². The molecule has 0 aliphatic carbocycles. The third kappa shape index (κ3) is 4.25. The Labute approximate surface area is 151 Å². The number of nitrogens with zero attached hydrogens (tertiary/aromatic N) is 3. The predicted octanol–water partition coefficient (Wildman–Crippen LogP) is 4.67. The smallest absolute Gasteiger partial charge is 0.229 e. The number of hydrogen-bond donors (Lipinski definition) is 2. The molecule has 0 bridgehead atoms. The van der Waals surface area contributed by atoms with Crippen molar-refractivity contribution in [3.05, 3.63) is 76.4 Å². The Morgan fingerprint density at radius 2 is 1.84 bits per heavy atom. The zero-order valence-corrected chi connectivity index (χ0v) is 14.4. The molecule has 124 valence electrons. The number of hydrogen-bond acceptors (Lipinski definition) is 5. The van der Waals surface area contributed by atoms with Gasteiger partial charge in [-0.25, -0.2) is 4.98 Å². The number of nitriles is 1. The number of rotatable bonds is 5. The van der Waals surface area contributed by atoms with Gasteiger partial charge in [-0.1, -0.05) is 41.9 Å². The lowest BCUT2D eigenvalue weighted by atomic mass is 10.2. The van der Waals surface area contributed by atoms with Gasteiger partial charge in [-0.3, -0.25) is 0 Å². The van der Waals surface area contributed by atoms with Crippen molar-refractivity contribution in [2.24, 2.45) is 0 Å². The number of aryl methyl sites for hydroxylation is 1. The summed E-state index contributed by atoms with van der Waals surface area (Å²) < 4.78 is 0. The van der Waals surface area contributed by atoms with Crippen LogP contribution in [0.1, 0.15) is 16.8 Å². The first-order valence-corrected chi connectivity index (χ1v) is 8.12. The molecule has 3 aromatic rings. The maximum atomic E-state index is 9.19. The Hall–Kier alpha value is -3.10. The van der Waals surface area contributed by atoms with E-state index in [2.05, 4.69) is 26.7 Å². The van der Waals surface area contributed by atoms with Gasteiger partial charge in [0.2, 0.25) is 5.95 Å². The quantitative estimate of drug-likeness (QED) is 0.700. The van der Waals surface area contributed by atoms with Gasteiger partial charge >= 0.3 is 0 Å². The number of aromatic nitrogens is 2. The van der Waals surface area contributed by atoms with Gasteiger partial charge in [0.05, 0.1) is 11.3 Å². The summed E-state index contributed by atoms with van der Waals surface area (Å²) in [6.07, 6.45) is 0. The van der Waals surface area contributed by atoms with E-state index < -0.39 is 0 Å². The van der Waals surface area contributed by atoms with E-state index in [0.717, 1.165) is 11.3 Å². The topological polar surface area (TPSA) is 73.6 Å². The first-order chi connectivity index (χ1) is 12.2. The van der Waals surface area contributed by atoms with E-state index in [1.807, 2.05) is 55.5 Å². The molecule has 0 aliphatic rings. The molecule has 2 N–H and O–H groups in total. The molecule has 0 radical (unpaired) electrons. The molecule has 6 heteroatoms. The van der Waals surface area contributed by atoms with Crippen LogP contribution in [0.5, 0.6) is 0 Å². The molecule has 0 saturated carbocycles. The lowest BCUT2D eigenvalue weighted by Gasteiger charge is -2.11. The summed E-state index contributed by atoms with van der Waals surface area (Å²) >= 11 is 6.18. The third-order valence-corrected chi connectivity index (χ3v) is 3.93. The van der Waals surface area contributed by atoms with E-state index in [1.54, 1.807) is 6.07 Å². The third-order valence-electron chi connectivity index (χ3n) is 3.57. The van der Waals surface area contributed by atoms with Crippen LogP contribution in [0.15, 0.2) is 54.6 Å². The van der Waals surface area contributed by atoms with Crippen molar-refractivity contribution < 1.29 is 0 Å². The van der Waals surface area contributed by atoms with Crippen molar-refractivity contribution in [1.29, 1.82) is 5.26 Å². The fourth-order valence-electron chi connectivity index (χ4n) is 2.35. The van der Waals surface area contributed by atoms with Crippen LogP contribution in [0.4, 0.5) is 17.5 Å². The lowest BCUT2D eigenvalue weighted by Crippen LogP contribution is -2.06. The Kier molecular flexibility index (Phi) is 5.12. The summed E-state index contributed by atoms with van der Waals surface area (Å²) in [7, 11) is 0. The average molecular weight is 350 g/mol. The summed E-state index contributed by atoms with van der Waals surface area (Å²) in [5.41, 5.74) is 3.02. The van der Waals surface area contributed by atoms with Crippen molar-refractivity contribution in [1.82, 2.24) is 9.97 Å². The van der Waals surface area contributed by atoms with Gasteiger partial charge in [0.1, 0.15) is 11.9 Å². The summed E-state index contributed by atoms with van der Waals surface area (Å²) in [5, 5.41) is 16.3. The number of benzene rings is 2. The highest BCUT2D eigenvalue weighted by molar-refractivity contribution is 6.31. The maximum Gasteiger partial charge on any atom is 0.229 e. The standard InChI is InChI=1S/C19H16ClN5/c1-13-10-18(22-12-15-7-2-4-8-16(15)20)25-19(23-13)24-17-9-5-3-6-14(17)11-21/h2-10H,12H2,1H3,(H2,22,23,24,25). The van der Waals surface area contributed by atoms with Crippen LogP contribution in [-0.2, 0) is 6.54 Å². The van der Waals surface area contributed by atoms with Crippen molar-refractivity contribution in [3.8, 4) is 6.07 Å². The zero-order valence-electron chi connectivity index (χ0n) is 13.6. The second-order valence-electron chi connectivity index (χ2n) is 5.45. The minimum atomic E-state index is 0.435. The van der Waals surface area contributed by atoms with Gasteiger partial charge in [-0.2, -0.15) is 10.2 Å².